The topological polar surface area (TPSA) is 26.0 Å². The zero-order chi connectivity index (χ0) is 20.8. The van der Waals surface area contributed by atoms with Crippen molar-refractivity contribution in [3.05, 3.63) is 23.8 Å². The van der Waals surface area contributed by atoms with Gasteiger partial charge in [0.1, 0.15) is 0 Å². The lowest BCUT2D eigenvalue weighted by Crippen LogP contribution is -2.49. The van der Waals surface area contributed by atoms with Crippen LogP contribution in [0, 0.1) is 34.5 Å². The van der Waals surface area contributed by atoms with Crippen LogP contribution in [0.2, 0.25) is 0 Å². The summed E-state index contributed by atoms with van der Waals surface area (Å²) < 4.78 is 0. The molecular weight excluding hydrogens is 326 g/mol. The van der Waals surface area contributed by atoms with Gasteiger partial charge in [-0.3, -0.25) is 0 Å². The molecule has 1 fully saturated rings. The first kappa shape index (κ1) is 24.5. The normalized spacial score (nSPS) is 35.8. The molecule has 0 aliphatic heterocycles. The van der Waals surface area contributed by atoms with Crippen LogP contribution < -0.4 is 5.73 Å². The van der Waals surface area contributed by atoms with Crippen molar-refractivity contribution >= 4 is 0 Å². The average Bonchev–Trinajstić information content (AvgIpc) is 2.60. The molecule has 5 atom stereocenters. The van der Waals surface area contributed by atoms with Gasteiger partial charge in [0.25, 0.3) is 0 Å². The Balaban J connectivity index is 0.00000114. The molecule has 0 bridgehead atoms. The lowest BCUT2D eigenvalue weighted by Gasteiger charge is -2.58. The van der Waals surface area contributed by atoms with Crippen molar-refractivity contribution in [2.75, 3.05) is 6.54 Å². The first-order valence-electron chi connectivity index (χ1n) is 11.7. The van der Waals surface area contributed by atoms with E-state index in [1.807, 2.05) is 6.92 Å². The minimum Gasteiger partial charge on any atom is -0.331 e. The lowest BCUT2D eigenvalue weighted by atomic mass is 9.47. The summed E-state index contributed by atoms with van der Waals surface area (Å²) in [6.45, 7) is 24.0. The summed E-state index contributed by atoms with van der Waals surface area (Å²) in [5.41, 5.74) is 8.83. The van der Waals surface area contributed by atoms with Gasteiger partial charge in [-0.15, -0.1) is 0 Å². The van der Waals surface area contributed by atoms with E-state index in [2.05, 4.69) is 61.1 Å². The van der Waals surface area contributed by atoms with Crippen molar-refractivity contribution < 1.29 is 0 Å². The molecule has 0 radical (unpaired) electrons. The number of nitrogens with two attached hydrogens (primary N) is 1. The molecule has 0 spiro atoms. The van der Waals surface area contributed by atoms with Crippen LogP contribution in [-0.2, 0) is 0 Å². The molecule has 0 saturated heterocycles. The van der Waals surface area contributed by atoms with Gasteiger partial charge in [0, 0.05) is 0 Å². The number of hydrogen-bond donors (Lipinski definition) is 1. The van der Waals surface area contributed by atoms with Crippen LogP contribution >= 0.6 is 0 Å². The second-order valence-electron chi connectivity index (χ2n) is 10.1. The Kier molecular flexibility index (Phi) is 9.32. The predicted octanol–water partition coefficient (Wildman–Crippen LogP) is 7.77. The second-order valence-corrected chi connectivity index (χ2v) is 10.1. The molecule has 2 aliphatic rings. The van der Waals surface area contributed by atoms with Gasteiger partial charge in [0.05, 0.1) is 0 Å². The van der Waals surface area contributed by atoms with Gasteiger partial charge in [0.15, 0.2) is 0 Å². The van der Waals surface area contributed by atoms with E-state index in [0.717, 1.165) is 30.2 Å². The zero-order valence-electron chi connectivity index (χ0n) is 19.8. The Labute approximate surface area is 171 Å². The van der Waals surface area contributed by atoms with Crippen molar-refractivity contribution in [3.8, 4) is 0 Å². The molecule has 158 valence electrons. The molecular formula is C26H49N. The van der Waals surface area contributed by atoms with Crippen LogP contribution in [0.1, 0.15) is 100 Å². The van der Waals surface area contributed by atoms with Gasteiger partial charge in [0.2, 0.25) is 0 Å². The summed E-state index contributed by atoms with van der Waals surface area (Å²) in [6.07, 6.45) is 12.0. The van der Waals surface area contributed by atoms with Crippen LogP contribution in [0.25, 0.3) is 0 Å². The maximum Gasteiger partial charge on any atom is -0.00878 e. The molecule has 1 saturated carbocycles. The van der Waals surface area contributed by atoms with E-state index in [1.54, 1.807) is 5.57 Å². The fraction of sp³-hybridized carbons (Fsp3) is 0.846. The van der Waals surface area contributed by atoms with E-state index in [0.29, 0.717) is 10.8 Å². The quantitative estimate of drug-likeness (QED) is 0.471. The predicted molar refractivity (Wildman–Crippen MR) is 123 cm³/mol. The Morgan fingerprint density at radius 3 is 2.30 bits per heavy atom. The average molecular weight is 376 g/mol. The number of rotatable bonds is 6. The lowest BCUT2D eigenvalue weighted by molar-refractivity contribution is -0.0234. The Morgan fingerprint density at radius 2 is 1.85 bits per heavy atom. The SMILES string of the molecule is C=C(C)[C@@]1(C)CCC2C(CC=C(CC(C)C)C2(C)CC)C1CCC.CCN. The fourth-order valence-corrected chi connectivity index (χ4v) is 6.10. The van der Waals surface area contributed by atoms with Gasteiger partial charge < -0.3 is 5.73 Å². The van der Waals surface area contributed by atoms with Crippen LogP contribution in [0.4, 0.5) is 0 Å². The highest BCUT2D eigenvalue weighted by molar-refractivity contribution is 5.24. The molecule has 2 rings (SSSR count). The number of allylic oxidation sites excluding steroid dienone is 3. The summed E-state index contributed by atoms with van der Waals surface area (Å²) in [5, 5.41) is 0. The molecule has 0 heterocycles. The molecule has 4 unspecified atom stereocenters. The minimum atomic E-state index is 0.356. The van der Waals surface area contributed by atoms with Gasteiger partial charge >= 0.3 is 0 Å². The van der Waals surface area contributed by atoms with Gasteiger partial charge in [-0.25, -0.2) is 0 Å². The Hall–Kier alpha value is -0.560. The van der Waals surface area contributed by atoms with E-state index in [1.165, 1.54) is 50.5 Å². The van der Waals surface area contributed by atoms with Crippen LogP contribution in [0.5, 0.6) is 0 Å². The Bertz CT molecular complexity index is 502. The highest BCUT2D eigenvalue weighted by atomic mass is 14.6. The van der Waals surface area contributed by atoms with Crippen molar-refractivity contribution in [2.45, 2.75) is 100 Å². The smallest absolute Gasteiger partial charge is 0.00878 e. The largest absolute Gasteiger partial charge is 0.331 e. The highest BCUT2D eigenvalue weighted by Crippen LogP contribution is 2.61. The van der Waals surface area contributed by atoms with Gasteiger partial charge in [-0.05, 0) is 86.5 Å². The van der Waals surface area contributed by atoms with Crippen molar-refractivity contribution in [3.63, 3.8) is 0 Å². The third kappa shape index (κ3) is 5.08. The number of hydrogen-bond acceptors (Lipinski definition) is 1. The Morgan fingerprint density at radius 1 is 1.26 bits per heavy atom. The van der Waals surface area contributed by atoms with E-state index in [9.17, 15) is 0 Å². The maximum atomic E-state index is 4.85. The van der Waals surface area contributed by atoms with Gasteiger partial charge in [-0.2, -0.15) is 0 Å². The monoisotopic (exact) mass is 375 g/mol. The van der Waals surface area contributed by atoms with Crippen LogP contribution in [0.15, 0.2) is 23.8 Å². The fourth-order valence-electron chi connectivity index (χ4n) is 6.10. The second kappa shape index (κ2) is 10.3. The molecule has 0 amide bonds. The standard InChI is InChI=1S/C24H42.C2H7N/c1-9-11-21-20-13-12-19(16-17(3)4)23(7,10-2)22(20)14-15-24(21,8)18(5)6;1-2-3/h12,17,20-22H,5,9-11,13-16H2,1-4,6-8H3;2-3H2,1H3/t20?,21?,22?,23?,24-;/m1./s1. The molecule has 1 heteroatoms. The third-order valence-corrected chi connectivity index (χ3v) is 7.95. The van der Waals surface area contributed by atoms with E-state index in [4.69, 9.17) is 5.73 Å². The molecule has 0 aromatic heterocycles. The zero-order valence-corrected chi connectivity index (χ0v) is 19.8. The van der Waals surface area contributed by atoms with Crippen LogP contribution in [-0.4, -0.2) is 6.54 Å². The minimum absolute atomic E-state index is 0.356. The molecule has 1 nitrogen and oxygen atoms in total. The molecule has 0 aromatic carbocycles. The van der Waals surface area contributed by atoms with E-state index >= 15 is 0 Å². The summed E-state index contributed by atoms with van der Waals surface area (Å²) in [6, 6.07) is 0. The van der Waals surface area contributed by atoms with Crippen LogP contribution in [0.3, 0.4) is 0 Å². The summed E-state index contributed by atoms with van der Waals surface area (Å²) in [7, 11) is 0. The first-order valence-corrected chi connectivity index (χ1v) is 11.7. The van der Waals surface area contributed by atoms with Crippen molar-refractivity contribution in [1.82, 2.24) is 0 Å². The molecule has 2 N–H and O–H groups in total. The van der Waals surface area contributed by atoms with E-state index < -0.39 is 0 Å². The maximum absolute atomic E-state index is 4.85. The third-order valence-electron chi connectivity index (χ3n) is 7.95. The summed E-state index contributed by atoms with van der Waals surface area (Å²) >= 11 is 0. The molecule has 2 aliphatic carbocycles. The van der Waals surface area contributed by atoms with Crippen molar-refractivity contribution in [1.29, 1.82) is 0 Å². The first-order chi connectivity index (χ1) is 12.6. The summed E-state index contributed by atoms with van der Waals surface area (Å²) in [4.78, 5) is 0. The highest BCUT2D eigenvalue weighted by Gasteiger charge is 2.52. The summed E-state index contributed by atoms with van der Waals surface area (Å²) in [5.74, 6) is 3.34. The van der Waals surface area contributed by atoms with E-state index in [-0.39, 0.29) is 0 Å². The molecule has 0 aromatic rings. The van der Waals surface area contributed by atoms with Crippen molar-refractivity contribution in [2.24, 2.45) is 40.2 Å². The molecule has 27 heavy (non-hydrogen) atoms. The number of fused-ring (bicyclic) bond motifs is 1. The van der Waals surface area contributed by atoms with Gasteiger partial charge in [-0.1, -0.05) is 78.7 Å².